The van der Waals surface area contributed by atoms with E-state index >= 15 is 0 Å². The van der Waals surface area contributed by atoms with Crippen molar-refractivity contribution >= 4 is 23.5 Å². The number of rotatable bonds is 5. The molecule has 28 heavy (non-hydrogen) atoms. The van der Waals surface area contributed by atoms with Crippen LogP contribution < -0.4 is 5.32 Å². The number of amides is 3. The minimum absolute atomic E-state index is 0.0992. The quantitative estimate of drug-likeness (QED) is 0.791. The third kappa shape index (κ3) is 3.27. The average Bonchev–Trinajstić information content (AvgIpc) is 3.01. The van der Waals surface area contributed by atoms with Crippen LogP contribution in [-0.4, -0.2) is 39.8 Å². The summed E-state index contributed by atoms with van der Waals surface area (Å²) in [5.74, 6) is -0.0992. The van der Waals surface area contributed by atoms with E-state index in [1.54, 1.807) is 40.4 Å². The number of aromatic nitrogens is 1. The van der Waals surface area contributed by atoms with Crippen molar-refractivity contribution in [3.8, 4) is 0 Å². The van der Waals surface area contributed by atoms with Gasteiger partial charge in [-0.2, -0.15) is 0 Å². The molecule has 0 bridgehead atoms. The van der Waals surface area contributed by atoms with Gasteiger partial charge < -0.3 is 10.2 Å². The first-order valence-corrected chi connectivity index (χ1v) is 9.32. The van der Waals surface area contributed by atoms with Gasteiger partial charge in [0.25, 0.3) is 5.91 Å². The van der Waals surface area contributed by atoms with E-state index < -0.39 is 6.04 Å². The van der Waals surface area contributed by atoms with Crippen LogP contribution in [-0.2, 0) is 11.3 Å². The van der Waals surface area contributed by atoms with Gasteiger partial charge in [-0.15, -0.1) is 6.58 Å². The molecule has 1 unspecified atom stereocenters. The second-order valence-corrected chi connectivity index (χ2v) is 7.16. The van der Waals surface area contributed by atoms with Gasteiger partial charge in [0.2, 0.25) is 0 Å². The number of urea groups is 1. The van der Waals surface area contributed by atoms with Gasteiger partial charge >= 0.3 is 6.03 Å². The van der Waals surface area contributed by atoms with E-state index in [9.17, 15) is 9.59 Å². The Kier molecular flexibility index (Phi) is 4.88. The number of carbonyl (C=O) groups excluding carboxylic acids is 2. The van der Waals surface area contributed by atoms with Gasteiger partial charge in [-0.25, -0.2) is 4.79 Å². The lowest BCUT2D eigenvalue weighted by Gasteiger charge is -2.33. The van der Waals surface area contributed by atoms with Crippen molar-refractivity contribution in [1.82, 2.24) is 20.1 Å². The highest BCUT2D eigenvalue weighted by Crippen LogP contribution is 2.37. The van der Waals surface area contributed by atoms with Gasteiger partial charge in [0.15, 0.2) is 0 Å². The highest BCUT2D eigenvalue weighted by atomic mass is 35.5. The Hall–Kier alpha value is -3.12. The van der Waals surface area contributed by atoms with Gasteiger partial charge in [-0.3, -0.25) is 14.7 Å². The van der Waals surface area contributed by atoms with Gasteiger partial charge in [0.1, 0.15) is 0 Å². The SMILES string of the molecule is C=CCN1C(=O)NC(c2cccc(Cl)c2)C2=C1CN(Cc1cccnc1)C2=O. The maximum Gasteiger partial charge on any atom is 0.322 e. The second kappa shape index (κ2) is 7.48. The molecule has 0 fully saturated rings. The molecular formula is C21H19ClN4O2. The molecule has 1 aromatic heterocycles. The van der Waals surface area contributed by atoms with Gasteiger partial charge in [-0.1, -0.05) is 35.9 Å². The first-order valence-electron chi connectivity index (χ1n) is 8.94. The number of benzene rings is 1. The molecule has 1 aromatic carbocycles. The molecule has 2 aliphatic rings. The van der Waals surface area contributed by atoms with E-state index in [0.717, 1.165) is 11.1 Å². The van der Waals surface area contributed by atoms with Crippen molar-refractivity contribution in [3.05, 3.63) is 88.9 Å². The largest absolute Gasteiger partial charge is 0.329 e. The van der Waals surface area contributed by atoms with Crippen LogP contribution in [0.3, 0.4) is 0 Å². The highest BCUT2D eigenvalue weighted by molar-refractivity contribution is 6.30. The monoisotopic (exact) mass is 394 g/mol. The summed E-state index contributed by atoms with van der Waals surface area (Å²) >= 11 is 6.14. The third-order valence-corrected chi connectivity index (χ3v) is 5.12. The zero-order valence-electron chi connectivity index (χ0n) is 15.1. The fraction of sp³-hybridized carbons (Fsp3) is 0.190. The maximum atomic E-state index is 13.3. The Bertz CT molecular complexity index is 973. The van der Waals surface area contributed by atoms with E-state index in [1.807, 2.05) is 24.3 Å². The number of carbonyl (C=O) groups is 2. The maximum absolute atomic E-state index is 13.3. The highest BCUT2D eigenvalue weighted by Gasteiger charge is 2.43. The molecule has 0 spiro atoms. The lowest BCUT2D eigenvalue weighted by molar-refractivity contribution is -0.126. The Balaban J connectivity index is 1.72. The summed E-state index contributed by atoms with van der Waals surface area (Å²) in [6.07, 6.45) is 5.09. The molecule has 2 aliphatic heterocycles. The first-order chi connectivity index (χ1) is 13.6. The summed E-state index contributed by atoms with van der Waals surface area (Å²) in [5, 5.41) is 3.50. The smallest absolute Gasteiger partial charge is 0.322 e. The van der Waals surface area contributed by atoms with E-state index in [-0.39, 0.29) is 11.9 Å². The van der Waals surface area contributed by atoms with E-state index in [2.05, 4.69) is 16.9 Å². The Morgan fingerprint density at radius 3 is 2.86 bits per heavy atom. The molecule has 3 amide bonds. The van der Waals surface area contributed by atoms with Crippen LogP contribution in [0.4, 0.5) is 4.79 Å². The molecule has 4 rings (SSSR count). The number of nitrogens with zero attached hydrogens (tertiary/aromatic N) is 3. The Morgan fingerprint density at radius 2 is 2.14 bits per heavy atom. The minimum Gasteiger partial charge on any atom is -0.329 e. The van der Waals surface area contributed by atoms with Crippen molar-refractivity contribution in [3.63, 3.8) is 0 Å². The molecule has 0 radical (unpaired) electrons. The van der Waals surface area contributed by atoms with E-state index in [4.69, 9.17) is 11.6 Å². The molecule has 0 saturated carbocycles. The van der Waals surface area contributed by atoms with E-state index in [1.165, 1.54) is 0 Å². The fourth-order valence-electron chi connectivity index (χ4n) is 3.65. The third-order valence-electron chi connectivity index (χ3n) is 4.89. The summed E-state index contributed by atoms with van der Waals surface area (Å²) < 4.78 is 0. The molecule has 6 nitrogen and oxygen atoms in total. The van der Waals surface area contributed by atoms with Crippen LogP contribution in [0.1, 0.15) is 17.2 Å². The van der Waals surface area contributed by atoms with Crippen LogP contribution in [0.5, 0.6) is 0 Å². The fourth-order valence-corrected chi connectivity index (χ4v) is 3.85. The molecule has 3 heterocycles. The van der Waals surface area contributed by atoms with Crippen LogP contribution >= 0.6 is 11.6 Å². The molecule has 0 saturated heterocycles. The average molecular weight is 395 g/mol. The van der Waals surface area contributed by atoms with Gasteiger partial charge in [0, 0.05) is 30.5 Å². The van der Waals surface area contributed by atoms with Crippen LogP contribution in [0.25, 0.3) is 0 Å². The summed E-state index contributed by atoms with van der Waals surface area (Å²) in [5.41, 5.74) is 3.00. The number of hydrogen-bond acceptors (Lipinski definition) is 3. The van der Waals surface area contributed by atoms with Crippen molar-refractivity contribution in [2.75, 3.05) is 13.1 Å². The van der Waals surface area contributed by atoms with Crippen molar-refractivity contribution in [2.24, 2.45) is 0 Å². The zero-order valence-corrected chi connectivity index (χ0v) is 15.9. The molecule has 1 atom stereocenters. The van der Waals surface area contributed by atoms with Gasteiger partial charge in [-0.05, 0) is 29.3 Å². The van der Waals surface area contributed by atoms with Gasteiger partial charge in [0.05, 0.1) is 23.9 Å². The lowest BCUT2D eigenvalue weighted by atomic mass is 9.95. The minimum atomic E-state index is -0.534. The molecule has 2 aromatic rings. The first kappa shape index (κ1) is 18.3. The van der Waals surface area contributed by atoms with Crippen LogP contribution in [0.15, 0.2) is 72.7 Å². The predicted molar refractivity (Wildman–Crippen MR) is 106 cm³/mol. The van der Waals surface area contributed by atoms with Crippen LogP contribution in [0, 0.1) is 0 Å². The second-order valence-electron chi connectivity index (χ2n) is 6.72. The van der Waals surface area contributed by atoms with Crippen LogP contribution in [0.2, 0.25) is 5.02 Å². The number of pyridine rings is 1. The Labute approximate surface area is 168 Å². The standard InChI is InChI=1S/C21H19ClN4O2/c1-2-9-26-17-13-25(12-14-5-4-8-23-11-14)20(27)18(17)19(24-21(26)28)15-6-3-7-16(22)10-15/h2-8,10-11,19H,1,9,12-13H2,(H,24,28). The molecule has 7 heteroatoms. The molecule has 142 valence electrons. The topological polar surface area (TPSA) is 65.5 Å². The zero-order chi connectivity index (χ0) is 19.7. The number of nitrogens with one attached hydrogen (secondary N) is 1. The van der Waals surface area contributed by atoms with Crippen molar-refractivity contribution < 1.29 is 9.59 Å². The predicted octanol–water partition coefficient (Wildman–Crippen LogP) is 3.28. The Morgan fingerprint density at radius 1 is 1.29 bits per heavy atom. The van der Waals surface area contributed by atoms with Crippen molar-refractivity contribution in [2.45, 2.75) is 12.6 Å². The number of halogens is 1. The number of hydrogen-bond donors (Lipinski definition) is 1. The normalized spacial score (nSPS) is 19.0. The summed E-state index contributed by atoms with van der Waals surface area (Å²) in [4.78, 5) is 33.4. The molecule has 0 aliphatic carbocycles. The molecular weight excluding hydrogens is 376 g/mol. The van der Waals surface area contributed by atoms with E-state index in [0.29, 0.717) is 35.9 Å². The summed E-state index contributed by atoms with van der Waals surface area (Å²) in [6, 6.07) is 10.2. The molecule has 1 N–H and O–H groups in total. The van der Waals surface area contributed by atoms with Crippen molar-refractivity contribution in [1.29, 1.82) is 0 Å². The summed E-state index contributed by atoms with van der Waals surface area (Å²) in [7, 11) is 0. The lowest BCUT2D eigenvalue weighted by Crippen LogP contribution is -2.47. The summed E-state index contributed by atoms with van der Waals surface area (Å²) in [6.45, 7) is 4.85.